The van der Waals surface area contributed by atoms with Crippen LogP contribution in [0.1, 0.15) is 19.8 Å². The normalized spacial score (nSPS) is 26.1. The van der Waals surface area contributed by atoms with E-state index in [4.69, 9.17) is 10.2 Å². The lowest BCUT2D eigenvalue weighted by Crippen LogP contribution is -2.39. The van der Waals surface area contributed by atoms with Gasteiger partial charge in [0.05, 0.1) is 0 Å². The zero-order valence-electron chi connectivity index (χ0n) is 8.59. The number of aliphatic carboxylic acids is 1. The van der Waals surface area contributed by atoms with Gasteiger partial charge in [0, 0.05) is 6.54 Å². The second kappa shape index (κ2) is 4.82. The lowest BCUT2D eigenvalue weighted by molar-refractivity contribution is -0.141. The summed E-state index contributed by atoms with van der Waals surface area (Å²) in [6.45, 7) is 2.20. The second-order valence-corrected chi connectivity index (χ2v) is 3.70. The summed E-state index contributed by atoms with van der Waals surface area (Å²) in [4.78, 5) is 22.6. The molecule has 15 heavy (non-hydrogen) atoms. The first-order valence-corrected chi connectivity index (χ1v) is 4.89. The third kappa shape index (κ3) is 2.71. The van der Waals surface area contributed by atoms with Crippen LogP contribution in [0.5, 0.6) is 0 Å². The van der Waals surface area contributed by atoms with E-state index in [2.05, 4.69) is 0 Å². The molecule has 0 saturated carbocycles. The third-order valence-corrected chi connectivity index (χ3v) is 2.62. The molecule has 0 aromatic rings. The van der Waals surface area contributed by atoms with E-state index in [1.54, 1.807) is 0 Å². The fraction of sp³-hybridized carbons (Fsp3) is 0.600. The van der Waals surface area contributed by atoms with Crippen molar-refractivity contribution >= 4 is 12.1 Å². The molecule has 1 aliphatic heterocycles. The average molecular weight is 213 g/mol. The van der Waals surface area contributed by atoms with E-state index in [0.717, 1.165) is 11.3 Å². The van der Waals surface area contributed by atoms with Gasteiger partial charge >= 0.3 is 12.1 Å². The van der Waals surface area contributed by atoms with Crippen LogP contribution in [0.25, 0.3) is 0 Å². The molecule has 1 aliphatic rings. The lowest BCUT2D eigenvalue weighted by atomic mass is 10.0. The van der Waals surface area contributed by atoms with Crippen molar-refractivity contribution in [3.8, 4) is 0 Å². The van der Waals surface area contributed by atoms with Crippen molar-refractivity contribution in [2.75, 3.05) is 6.54 Å². The number of likely N-dealkylation sites (tertiary alicyclic amines) is 1. The van der Waals surface area contributed by atoms with Crippen molar-refractivity contribution in [2.45, 2.75) is 25.8 Å². The standard InChI is InChI=1S/C10H15NO4/c1-2-3-4-7-5-8(9(12)13)11(6-7)10(14)15/h2-3,7-8H,4-6H2,1H3,(H,12,13)(H,14,15). The summed E-state index contributed by atoms with van der Waals surface area (Å²) < 4.78 is 0. The first kappa shape index (κ1) is 11.6. The topological polar surface area (TPSA) is 77.8 Å². The largest absolute Gasteiger partial charge is 0.480 e. The van der Waals surface area contributed by atoms with Gasteiger partial charge in [0.1, 0.15) is 6.04 Å². The van der Waals surface area contributed by atoms with Crippen LogP contribution in [0.4, 0.5) is 4.79 Å². The number of amides is 1. The molecule has 1 rings (SSSR count). The Morgan fingerprint density at radius 3 is 2.53 bits per heavy atom. The monoisotopic (exact) mass is 213 g/mol. The molecule has 5 heteroatoms. The van der Waals surface area contributed by atoms with Crippen LogP contribution < -0.4 is 0 Å². The van der Waals surface area contributed by atoms with Crippen LogP contribution in [-0.4, -0.2) is 39.8 Å². The molecule has 0 aliphatic carbocycles. The molecule has 0 aromatic heterocycles. The number of carbonyl (C=O) groups is 2. The molecule has 1 heterocycles. The highest BCUT2D eigenvalue weighted by Gasteiger charge is 2.38. The Kier molecular flexibility index (Phi) is 3.71. The number of rotatable bonds is 3. The van der Waals surface area contributed by atoms with Crippen LogP contribution in [0.15, 0.2) is 12.2 Å². The van der Waals surface area contributed by atoms with Gasteiger partial charge < -0.3 is 10.2 Å². The molecule has 2 atom stereocenters. The van der Waals surface area contributed by atoms with Crippen molar-refractivity contribution < 1.29 is 19.8 Å². The van der Waals surface area contributed by atoms with E-state index < -0.39 is 18.1 Å². The van der Waals surface area contributed by atoms with Gasteiger partial charge in [-0.2, -0.15) is 0 Å². The molecule has 2 N–H and O–H groups in total. The molecule has 0 spiro atoms. The molecule has 0 radical (unpaired) electrons. The van der Waals surface area contributed by atoms with Gasteiger partial charge in [0.15, 0.2) is 0 Å². The van der Waals surface area contributed by atoms with E-state index in [0.29, 0.717) is 13.0 Å². The molecule has 1 fully saturated rings. The number of hydrogen-bond acceptors (Lipinski definition) is 2. The highest BCUT2D eigenvalue weighted by Crippen LogP contribution is 2.26. The number of hydrogen-bond donors (Lipinski definition) is 2. The smallest absolute Gasteiger partial charge is 0.408 e. The minimum Gasteiger partial charge on any atom is -0.480 e. The van der Waals surface area contributed by atoms with Gasteiger partial charge in [-0.3, -0.25) is 4.90 Å². The number of carboxylic acids is 1. The Hall–Kier alpha value is -1.52. The second-order valence-electron chi connectivity index (χ2n) is 3.70. The quantitative estimate of drug-likeness (QED) is 0.695. The minimum absolute atomic E-state index is 0.124. The van der Waals surface area contributed by atoms with Crippen LogP contribution >= 0.6 is 0 Å². The van der Waals surface area contributed by atoms with Crippen LogP contribution in [0, 0.1) is 5.92 Å². The highest BCUT2D eigenvalue weighted by molar-refractivity contribution is 5.80. The Morgan fingerprint density at radius 2 is 2.13 bits per heavy atom. The van der Waals surface area contributed by atoms with Crippen molar-refractivity contribution in [2.24, 2.45) is 5.92 Å². The van der Waals surface area contributed by atoms with Gasteiger partial charge in [0.25, 0.3) is 0 Å². The van der Waals surface area contributed by atoms with Crippen molar-refractivity contribution in [1.29, 1.82) is 0 Å². The number of allylic oxidation sites excluding steroid dienone is 2. The summed E-state index contributed by atoms with van der Waals surface area (Å²) in [7, 11) is 0. The van der Waals surface area contributed by atoms with Gasteiger partial charge in [-0.1, -0.05) is 12.2 Å². The molecule has 2 unspecified atom stereocenters. The first-order valence-electron chi connectivity index (χ1n) is 4.89. The number of carboxylic acid groups (broad SMARTS) is 2. The summed E-state index contributed by atoms with van der Waals surface area (Å²) in [5, 5.41) is 17.7. The summed E-state index contributed by atoms with van der Waals surface area (Å²) in [6, 6.07) is -0.877. The van der Waals surface area contributed by atoms with Crippen LogP contribution in [0.2, 0.25) is 0 Å². The Balaban J connectivity index is 2.65. The van der Waals surface area contributed by atoms with Crippen LogP contribution in [-0.2, 0) is 4.79 Å². The van der Waals surface area contributed by atoms with E-state index >= 15 is 0 Å². The summed E-state index contributed by atoms with van der Waals surface area (Å²) in [6.07, 6.45) is 3.83. The van der Waals surface area contributed by atoms with Gasteiger partial charge in [-0.05, 0) is 25.7 Å². The maximum Gasteiger partial charge on any atom is 0.408 e. The Labute approximate surface area is 88.0 Å². The van der Waals surface area contributed by atoms with Crippen LogP contribution in [0.3, 0.4) is 0 Å². The minimum atomic E-state index is -1.15. The lowest BCUT2D eigenvalue weighted by Gasteiger charge is -2.16. The number of nitrogens with zero attached hydrogens (tertiary/aromatic N) is 1. The van der Waals surface area contributed by atoms with Gasteiger partial charge in [-0.25, -0.2) is 9.59 Å². The van der Waals surface area contributed by atoms with E-state index in [1.807, 2.05) is 19.1 Å². The van der Waals surface area contributed by atoms with Crippen molar-refractivity contribution in [1.82, 2.24) is 4.90 Å². The molecule has 1 amide bonds. The molecule has 0 aromatic carbocycles. The first-order chi connectivity index (χ1) is 7.06. The van der Waals surface area contributed by atoms with Gasteiger partial charge in [-0.15, -0.1) is 0 Å². The van der Waals surface area contributed by atoms with Gasteiger partial charge in [0.2, 0.25) is 0 Å². The zero-order valence-corrected chi connectivity index (χ0v) is 8.59. The zero-order chi connectivity index (χ0) is 11.4. The summed E-state index contributed by atoms with van der Waals surface area (Å²) in [5.74, 6) is -0.932. The third-order valence-electron chi connectivity index (χ3n) is 2.62. The molecule has 84 valence electrons. The average Bonchev–Trinajstić information content (AvgIpc) is 2.58. The Morgan fingerprint density at radius 1 is 1.47 bits per heavy atom. The van der Waals surface area contributed by atoms with Crippen molar-refractivity contribution in [3.05, 3.63) is 12.2 Å². The highest BCUT2D eigenvalue weighted by atomic mass is 16.4. The molecule has 0 bridgehead atoms. The van der Waals surface area contributed by atoms with E-state index in [-0.39, 0.29) is 5.92 Å². The molecular formula is C10H15NO4. The molecule has 1 saturated heterocycles. The molecular weight excluding hydrogens is 198 g/mol. The summed E-state index contributed by atoms with van der Waals surface area (Å²) >= 11 is 0. The van der Waals surface area contributed by atoms with E-state index in [1.165, 1.54) is 0 Å². The summed E-state index contributed by atoms with van der Waals surface area (Å²) in [5.41, 5.74) is 0. The fourth-order valence-corrected chi connectivity index (χ4v) is 1.87. The Bertz CT molecular complexity index is 265. The molecule has 5 nitrogen and oxygen atoms in total. The fourth-order valence-electron chi connectivity index (χ4n) is 1.87. The predicted octanol–water partition coefficient (Wildman–Crippen LogP) is 1.41. The SMILES string of the molecule is CC=CCC1CC(C(=O)O)N(C(=O)O)C1. The van der Waals surface area contributed by atoms with Crippen molar-refractivity contribution in [3.63, 3.8) is 0 Å². The maximum atomic E-state index is 10.8. The van der Waals surface area contributed by atoms with E-state index in [9.17, 15) is 9.59 Å². The maximum absolute atomic E-state index is 10.8. The predicted molar refractivity (Wildman–Crippen MR) is 53.7 cm³/mol.